The van der Waals surface area contributed by atoms with Gasteiger partial charge in [-0.3, -0.25) is 4.79 Å². The second kappa shape index (κ2) is 4.16. The van der Waals surface area contributed by atoms with Crippen LogP contribution < -0.4 is 0 Å². The van der Waals surface area contributed by atoms with Crippen LogP contribution in [0, 0.1) is 5.92 Å². The largest absolute Gasteiger partial charge is 0.366 e. The normalized spacial score (nSPS) is 25.4. The first-order valence-corrected chi connectivity index (χ1v) is 4.01. The Morgan fingerprint density at radius 1 is 1.83 bits per heavy atom. The van der Waals surface area contributed by atoms with Crippen LogP contribution in [0.15, 0.2) is 12.2 Å². The molecule has 0 saturated heterocycles. The van der Waals surface area contributed by atoms with Crippen molar-refractivity contribution < 1.29 is 14.3 Å². The highest BCUT2D eigenvalue weighted by atomic mass is 16.5. The third kappa shape index (κ3) is 2.27. The van der Waals surface area contributed by atoms with Crippen LogP contribution in [0.4, 0.5) is 0 Å². The van der Waals surface area contributed by atoms with Gasteiger partial charge in [-0.15, -0.1) is 0 Å². The molecule has 0 bridgehead atoms. The third-order valence-electron chi connectivity index (χ3n) is 1.81. The van der Waals surface area contributed by atoms with E-state index >= 15 is 0 Å². The van der Waals surface area contributed by atoms with Crippen molar-refractivity contribution >= 4 is 12.1 Å². The Kier molecular flexibility index (Phi) is 3.17. The summed E-state index contributed by atoms with van der Waals surface area (Å²) in [7, 11) is 0. The molecular weight excluding hydrogens is 156 g/mol. The number of ether oxygens (including phenoxy) is 1. The van der Waals surface area contributed by atoms with Crippen molar-refractivity contribution in [2.75, 3.05) is 6.61 Å². The number of rotatable bonds is 3. The van der Waals surface area contributed by atoms with E-state index in [9.17, 15) is 9.59 Å². The van der Waals surface area contributed by atoms with Crippen LogP contribution in [0.3, 0.4) is 0 Å². The van der Waals surface area contributed by atoms with Crippen LogP contribution >= 0.6 is 0 Å². The van der Waals surface area contributed by atoms with Crippen LogP contribution in [-0.2, 0) is 14.3 Å². The maximum absolute atomic E-state index is 11.1. The fraction of sp³-hybridized carbons (Fsp3) is 0.556. The summed E-state index contributed by atoms with van der Waals surface area (Å²) >= 11 is 0. The van der Waals surface area contributed by atoms with Crippen molar-refractivity contribution in [2.24, 2.45) is 5.92 Å². The molecule has 1 heterocycles. The molecule has 0 fully saturated rings. The molecule has 1 aliphatic heterocycles. The second-order valence-electron chi connectivity index (χ2n) is 2.98. The molecule has 0 aliphatic carbocycles. The summed E-state index contributed by atoms with van der Waals surface area (Å²) in [6.45, 7) is 2.25. The Labute approximate surface area is 71.4 Å². The van der Waals surface area contributed by atoms with E-state index in [1.807, 2.05) is 0 Å². The predicted molar refractivity (Wildman–Crippen MR) is 43.7 cm³/mol. The maximum atomic E-state index is 11.1. The standard InChI is InChI=1S/C9H12O3/c1-7(6-10)5-9-8(11)3-2-4-12-9/h2-3,6-7,9H,4-5H2,1H3/t7?,9-/m1/s1. The summed E-state index contributed by atoms with van der Waals surface area (Å²) in [5, 5.41) is 0. The van der Waals surface area contributed by atoms with Gasteiger partial charge in [0.25, 0.3) is 0 Å². The Morgan fingerprint density at radius 3 is 3.17 bits per heavy atom. The van der Waals surface area contributed by atoms with Gasteiger partial charge in [0.15, 0.2) is 5.78 Å². The molecule has 0 radical (unpaired) electrons. The Balaban J connectivity index is 2.46. The van der Waals surface area contributed by atoms with E-state index in [0.29, 0.717) is 13.0 Å². The minimum atomic E-state index is -0.407. The highest BCUT2D eigenvalue weighted by Crippen LogP contribution is 2.11. The summed E-state index contributed by atoms with van der Waals surface area (Å²) in [5.41, 5.74) is 0. The van der Waals surface area contributed by atoms with Gasteiger partial charge in [0.05, 0.1) is 6.61 Å². The first kappa shape index (κ1) is 9.13. The molecule has 1 aliphatic rings. The van der Waals surface area contributed by atoms with Crippen LogP contribution in [0.1, 0.15) is 13.3 Å². The fourth-order valence-corrected chi connectivity index (χ4v) is 1.10. The number of hydrogen-bond donors (Lipinski definition) is 0. The van der Waals surface area contributed by atoms with E-state index < -0.39 is 6.10 Å². The zero-order valence-corrected chi connectivity index (χ0v) is 7.03. The predicted octanol–water partition coefficient (Wildman–Crippen LogP) is 0.736. The molecule has 0 spiro atoms. The molecular formula is C9H12O3. The van der Waals surface area contributed by atoms with Crippen LogP contribution in [-0.4, -0.2) is 24.8 Å². The Bertz CT molecular complexity index is 208. The lowest BCUT2D eigenvalue weighted by molar-refractivity contribution is -0.127. The Morgan fingerprint density at radius 2 is 2.58 bits per heavy atom. The first-order valence-electron chi connectivity index (χ1n) is 4.01. The van der Waals surface area contributed by atoms with Gasteiger partial charge < -0.3 is 9.53 Å². The molecule has 0 N–H and O–H groups in total. The molecule has 12 heavy (non-hydrogen) atoms. The van der Waals surface area contributed by atoms with E-state index in [4.69, 9.17) is 4.74 Å². The van der Waals surface area contributed by atoms with Gasteiger partial charge in [0.1, 0.15) is 12.4 Å². The monoisotopic (exact) mass is 168 g/mol. The SMILES string of the molecule is CC(C=O)C[C@H]1OCC=CC1=O. The van der Waals surface area contributed by atoms with E-state index in [2.05, 4.69) is 0 Å². The molecule has 1 rings (SSSR count). The van der Waals surface area contributed by atoms with E-state index in [1.165, 1.54) is 6.08 Å². The minimum absolute atomic E-state index is 0.0325. The molecule has 0 amide bonds. The zero-order valence-electron chi connectivity index (χ0n) is 7.03. The van der Waals surface area contributed by atoms with E-state index in [-0.39, 0.29) is 11.7 Å². The number of aldehydes is 1. The highest BCUT2D eigenvalue weighted by Gasteiger charge is 2.21. The van der Waals surface area contributed by atoms with Gasteiger partial charge in [-0.1, -0.05) is 13.0 Å². The molecule has 0 aromatic carbocycles. The fourth-order valence-electron chi connectivity index (χ4n) is 1.10. The van der Waals surface area contributed by atoms with E-state index in [0.717, 1.165) is 6.29 Å². The first-order chi connectivity index (χ1) is 5.74. The Hall–Kier alpha value is -0.960. The molecule has 2 atom stereocenters. The maximum Gasteiger partial charge on any atom is 0.184 e. The van der Waals surface area contributed by atoms with Crippen molar-refractivity contribution in [1.29, 1.82) is 0 Å². The quantitative estimate of drug-likeness (QED) is 0.583. The lowest BCUT2D eigenvalue weighted by Gasteiger charge is -2.18. The van der Waals surface area contributed by atoms with Crippen LogP contribution in [0.2, 0.25) is 0 Å². The van der Waals surface area contributed by atoms with Gasteiger partial charge in [-0.2, -0.15) is 0 Å². The molecule has 66 valence electrons. The van der Waals surface area contributed by atoms with Crippen LogP contribution in [0.5, 0.6) is 0 Å². The summed E-state index contributed by atoms with van der Waals surface area (Å²) in [5.74, 6) is -0.139. The summed E-state index contributed by atoms with van der Waals surface area (Å²) in [6.07, 6.45) is 4.13. The van der Waals surface area contributed by atoms with Gasteiger partial charge in [-0.05, 0) is 12.5 Å². The van der Waals surface area contributed by atoms with Gasteiger partial charge >= 0.3 is 0 Å². The molecule has 1 unspecified atom stereocenters. The minimum Gasteiger partial charge on any atom is -0.366 e. The van der Waals surface area contributed by atoms with Gasteiger partial charge in [0.2, 0.25) is 0 Å². The molecule has 0 aromatic rings. The summed E-state index contributed by atoms with van der Waals surface area (Å²) < 4.78 is 5.17. The number of hydrogen-bond acceptors (Lipinski definition) is 3. The van der Waals surface area contributed by atoms with Crippen molar-refractivity contribution in [3.05, 3.63) is 12.2 Å². The summed E-state index contributed by atoms with van der Waals surface area (Å²) in [4.78, 5) is 21.4. The third-order valence-corrected chi connectivity index (χ3v) is 1.81. The van der Waals surface area contributed by atoms with Crippen molar-refractivity contribution in [1.82, 2.24) is 0 Å². The average molecular weight is 168 g/mol. The number of carbonyl (C=O) groups is 2. The summed E-state index contributed by atoms with van der Waals surface area (Å²) in [6, 6.07) is 0. The lowest BCUT2D eigenvalue weighted by Crippen LogP contribution is -2.28. The lowest BCUT2D eigenvalue weighted by atomic mass is 10.0. The smallest absolute Gasteiger partial charge is 0.184 e. The molecule has 3 nitrogen and oxygen atoms in total. The van der Waals surface area contributed by atoms with Gasteiger partial charge in [0, 0.05) is 5.92 Å². The molecule has 0 saturated carbocycles. The zero-order chi connectivity index (χ0) is 8.97. The number of carbonyl (C=O) groups excluding carboxylic acids is 2. The number of ketones is 1. The molecule has 0 aromatic heterocycles. The van der Waals surface area contributed by atoms with Gasteiger partial charge in [-0.25, -0.2) is 0 Å². The van der Waals surface area contributed by atoms with Crippen molar-refractivity contribution in [3.8, 4) is 0 Å². The molecule has 3 heteroatoms. The second-order valence-corrected chi connectivity index (χ2v) is 2.98. The average Bonchev–Trinajstić information content (AvgIpc) is 2.09. The van der Waals surface area contributed by atoms with Crippen molar-refractivity contribution in [2.45, 2.75) is 19.4 Å². The van der Waals surface area contributed by atoms with Crippen LogP contribution in [0.25, 0.3) is 0 Å². The highest BCUT2D eigenvalue weighted by molar-refractivity contribution is 5.94. The van der Waals surface area contributed by atoms with Crippen molar-refractivity contribution in [3.63, 3.8) is 0 Å². The van der Waals surface area contributed by atoms with E-state index in [1.54, 1.807) is 13.0 Å². The topological polar surface area (TPSA) is 43.4 Å².